The molecular weight excluding hydrogens is 310 g/mol. The smallest absolute Gasteiger partial charge is 0.354 e. The normalized spacial score (nSPS) is 18.7. The van der Waals surface area contributed by atoms with E-state index >= 15 is 0 Å². The molecule has 2 amide bonds. The predicted molar refractivity (Wildman–Crippen MR) is 85.6 cm³/mol. The standard InChI is InChI=1S/C17H21N3O4/c21-15(19-7-1-2-8-19)12-4-9-20(10-5-12)16(22)13-3-6-18-14(11-13)17(23)24/h3,6,11-12H,1-2,4-5,7-10H2,(H,23,24). The van der Waals surface area contributed by atoms with Crippen LogP contribution in [-0.4, -0.2) is 63.9 Å². The molecular formula is C17H21N3O4. The van der Waals surface area contributed by atoms with Gasteiger partial charge in [-0.25, -0.2) is 9.78 Å². The van der Waals surface area contributed by atoms with Gasteiger partial charge in [0.05, 0.1) is 0 Å². The van der Waals surface area contributed by atoms with E-state index in [1.165, 1.54) is 18.3 Å². The van der Waals surface area contributed by atoms with Gasteiger partial charge in [-0.1, -0.05) is 0 Å². The molecule has 7 nitrogen and oxygen atoms in total. The molecule has 1 N–H and O–H groups in total. The number of likely N-dealkylation sites (tertiary alicyclic amines) is 2. The summed E-state index contributed by atoms with van der Waals surface area (Å²) in [5, 5.41) is 8.97. The minimum atomic E-state index is -1.15. The van der Waals surface area contributed by atoms with E-state index < -0.39 is 5.97 Å². The number of aromatic nitrogens is 1. The quantitative estimate of drug-likeness (QED) is 0.900. The Morgan fingerprint density at radius 3 is 2.33 bits per heavy atom. The number of hydrogen-bond acceptors (Lipinski definition) is 4. The minimum Gasteiger partial charge on any atom is -0.477 e. The summed E-state index contributed by atoms with van der Waals surface area (Å²) in [6.45, 7) is 2.75. The highest BCUT2D eigenvalue weighted by Crippen LogP contribution is 2.23. The van der Waals surface area contributed by atoms with Gasteiger partial charge in [-0.05, 0) is 37.8 Å². The van der Waals surface area contributed by atoms with Gasteiger partial charge in [0.1, 0.15) is 5.69 Å². The van der Waals surface area contributed by atoms with Crippen molar-refractivity contribution in [1.29, 1.82) is 0 Å². The average Bonchev–Trinajstić information content (AvgIpc) is 3.15. The summed E-state index contributed by atoms with van der Waals surface area (Å²) in [7, 11) is 0. The van der Waals surface area contributed by atoms with Crippen molar-refractivity contribution in [2.75, 3.05) is 26.2 Å². The topological polar surface area (TPSA) is 90.8 Å². The molecule has 0 unspecified atom stereocenters. The van der Waals surface area contributed by atoms with Gasteiger partial charge in [-0.2, -0.15) is 0 Å². The van der Waals surface area contributed by atoms with E-state index in [-0.39, 0.29) is 23.4 Å². The molecule has 1 aromatic heterocycles. The van der Waals surface area contributed by atoms with Gasteiger partial charge in [0, 0.05) is 43.9 Å². The van der Waals surface area contributed by atoms with Crippen molar-refractivity contribution < 1.29 is 19.5 Å². The first-order chi connectivity index (χ1) is 11.6. The van der Waals surface area contributed by atoms with E-state index in [2.05, 4.69) is 4.98 Å². The molecule has 7 heteroatoms. The molecule has 2 saturated heterocycles. The van der Waals surface area contributed by atoms with Crippen LogP contribution < -0.4 is 0 Å². The number of carbonyl (C=O) groups excluding carboxylic acids is 2. The van der Waals surface area contributed by atoms with E-state index in [1.807, 2.05) is 4.90 Å². The van der Waals surface area contributed by atoms with Crippen LogP contribution in [0.15, 0.2) is 18.3 Å². The van der Waals surface area contributed by atoms with Gasteiger partial charge in [-0.15, -0.1) is 0 Å². The maximum Gasteiger partial charge on any atom is 0.354 e. The number of amides is 2. The van der Waals surface area contributed by atoms with Crippen LogP contribution in [0.1, 0.15) is 46.5 Å². The maximum atomic E-state index is 12.5. The van der Waals surface area contributed by atoms with Gasteiger partial charge in [0.2, 0.25) is 5.91 Å². The summed E-state index contributed by atoms with van der Waals surface area (Å²) in [4.78, 5) is 43.2. The summed E-state index contributed by atoms with van der Waals surface area (Å²) in [5.74, 6) is -1.14. The van der Waals surface area contributed by atoms with Crippen molar-refractivity contribution in [3.05, 3.63) is 29.6 Å². The molecule has 24 heavy (non-hydrogen) atoms. The number of nitrogens with zero attached hydrogens (tertiary/aromatic N) is 3. The fourth-order valence-corrected chi connectivity index (χ4v) is 3.39. The van der Waals surface area contributed by atoms with Crippen LogP contribution in [0.2, 0.25) is 0 Å². The van der Waals surface area contributed by atoms with E-state index in [0.717, 1.165) is 25.9 Å². The molecule has 2 fully saturated rings. The minimum absolute atomic E-state index is 0.000768. The zero-order chi connectivity index (χ0) is 17.1. The van der Waals surface area contributed by atoms with E-state index in [0.29, 0.717) is 31.5 Å². The first kappa shape index (κ1) is 16.4. The molecule has 2 aliphatic heterocycles. The number of hydrogen-bond donors (Lipinski definition) is 1. The molecule has 0 spiro atoms. The first-order valence-corrected chi connectivity index (χ1v) is 8.33. The van der Waals surface area contributed by atoms with Crippen LogP contribution in [-0.2, 0) is 4.79 Å². The van der Waals surface area contributed by atoms with Gasteiger partial charge < -0.3 is 14.9 Å². The Balaban J connectivity index is 1.60. The number of carboxylic acids is 1. The van der Waals surface area contributed by atoms with Crippen molar-refractivity contribution in [2.45, 2.75) is 25.7 Å². The van der Waals surface area contributed by atoms with Crippen LogP contribution in [0.3, 0.4) is 0 Å². The summed E-state index contributed by atoms with van der Waals surface area (Å²) in [6.07, 6.45) is 4.82. The highest BCUT2D eigenvalue weighted by Gasteiger charge is 2.31. The summed E-state index contributed by atoms with van der Waals surface area (Å²) in [5.41, 5.74) is 0.187. The molecule has 0 bridgehead atoms. The largest absolute Gasteiger partial charge is 0.477 e. The summed E-state index contributed by atoms with van der Waals surface area (Å²) in [6, 6.07) is 2.82. The summed E-state index contributed by atoms with van der Waals surface area (Å²) >= 11 is 0. The molecule has 3 heterocycles. The fourth-order valence-electron chi connectivity index (χ4n) is 3.39. The Kier molecular flexibility index (Phi) is 4.78. The van der Waals surface area contributed by atoms with Crippen LogP contribution in [0.4, 0.5) is 0 Å². The molecule has 0 radical (unpaired) electrons. The highest BCUT2D eigenvalue weighted by atomic mass is 16.4. The molecule has 128 valence electrons. The van der Waals surface area contributed by atoms with Gasteiger partial charge in [0.25, 0.3) is 5.91 Å². The SMILES string of the molecule is O=C(O)c1cc(C(=O)N2CCC(C(=O)N3CCCC3)CC2)ccn1. The van der Waals surface area contributed by atoms with Crippen LogP contribution in [0.25, 0.3) is 0 Å². The van der Waals surface area contributed by atoms with Crippen molar-refractivity contribution in [1.82, 2.24) is 14.8 Å². The fraction of sp³-hybridized carbons (Fsp3) is 0.529. The second-order valence-corrected chi connectivity index (χ2v) is 6.33. The highest BCUT2D eigenvalue weighted by molar-refractivity contribution is 5.96. The number of aromatic carboxylic acids is 1. The number of rotatable bonds is 3. The number of piperidine rings is 1. The monoisotopic (exact) mass is 331 g/mol. The molecule has 2 aliphatic rings. The van der Waals surface area contributed by atoms with Crippen LogP contribution in [0, 0.1) is 5.92 Å². The van der Waals surface area contributed by atoms with E-state index in [9.17, 15) is 14.4 Å². The molecule has 3 rings (SSSR count). The second-order valence-electron chi connectivity index (χ2n) is 6.33. The molecule has 0 aliphatic carbocycles. The Labute approximate surface area is 140 Å². The Morgan fingerprint density at radius 1 is 1.04 bits per heavy atom. The first-order valence-electron chi connectivity index (χ1n) is 8.33. The van der Waals surface area contributed by atoms with Gasteiger partial charge >= 0.3 is 5.97 Å². The lowest BCUT2D eigenvalue weighted by Gasteiger charge is -2.33. The van der Waals surface area contributed by atoms with Gasteiger partial charge in [-0.3, -0.25) is 9.59 Å². The second kappa shape index (κ2) is 6.98. The zero-order valence-electron chi connectivity index (χ0n) is 13.5. The zero-order valence-corrected chi connectivity index (χ0v) is 13.5. The van der Waals surface area contributed by atoms with Crippen LogP contribution in [0.5, 0.6) is 0 Å². The van der Waals surface area contributed by atoms with Crippen molar-refractivity contribution in [2.24, 2.45) is 5.92 Å². The predicted octanol–water partition coefficient (Wildman–Crippen LogP) is 1.25. The maximum absolute atomic E-state index is 12.5. The average molecular weight is 331 g/mol. The molecule has 0 aromatic carbocycles. The lowest BCUT2D eigenvalue weighted by Crippen LogP contribution is -2.43. The Hall–Kier alpha value is -2.44. The van der Waals surface area contributed by atoms with E-state index in [1.54, 1.807) is 4.90 Å². The molecule has 0 atom stereocenters. The lowest BCUT2D eigenvalue weighted by atomic mass is 9.95. The summed E-state index contributed by atoms with van der Waals surface area (Å²) < 4.78 is 0. The van der Waals surface area contributed by atoms with Crippen molar-refractivity contribution >= 4 is 17.8 Å². The number of carboxylic acid groups (broad SMARTS) is 1. The van der Waals surface area contributed by atoms with E-state index in [4.69, 9.17) is 5.11 Å². The number of carbonyl (C=O) groups is 3. The van der Waals surface area contributed by atoms with Crippen LogP contribution >= 0.6 is 0 Å². The lowest BCUT2D eigenvalue weighted by molar-refractivity contribution is -0.135. The third kappa shape index (κ3) is 3.39. The number of pyridine rings is 1. The third-order valence-electron chi connectivity index (χ3n) is 4.78. The van der Waals surface area contributed by atoms with Crippen molar-refractivity contribution in [3.63, 3.8) is 0 Å². The van der Waals surface area contributed by atoms with Gasteiger partial charge in [0.15, 0.2) is 0 Å². The van der Waals surface area contributed by atoms with Crippen molar-refractivity contribution in [3.8, 4) is 0 Å². The third-order valence-corrected chi connectivity index (χ3v) is 4.78. The molecule has 1 aromatic rings. The Morgan fingerprint density at radius 2 is 1.71 bits per heavy atom. The Bertz CT molecular complexity index is 647. The molecule has 0 saturated carbocycles.